The van der Waals surface area contributed by atoms with E-state index < -0.39 is 34.2 Å². The van der Waals surface area contributed by atoms with Gasteiger partial charge in [0.15, 0.2) is 5.11 Å². The van der Waals surface area contributed by atoms with Crippen LogP contribution in [0.3, 0.4) is 0 Å². The maximum atomic E-state index is 13.7. The van der Waals surface area contributed by atoms with E-state index in [1.54, 1.807) is 32.0 Å². The van der Waals surface area contributed by atoms with Crippen LogP contribution >= 0.6 is 24.6 Å². The summed E-state index contributed by atoms with van der Waals surface area (Å²) in [6.45, 7) is 12.7. The van der Waals surface area contributed by atoms with E-state index in [9.17, 15) is 37.6 Å². The van der Waals surface area contributed by atoms with Crippen LogP contribution in [-0.2, 0) is 35.5 Å². The molecule has 2 aromatic rings. The number of nitrogens with one attached hydrogen (secondary N) is 2. The van der Waals surface area contributed by atoms with Gasteiger partial charge in [0, 0.05) is 49.9 Å². The number of piperazine rings is 1. The van der Waals surface area contributed by atoms with Crippen LogP contribution in [-0.4, -0.2) is 106 Å². The number of amides is 4. The predicted octanol–water partition coefficient (Wildman–Crippen LogP) is 6.16. The van der Waals surface area contributed by atoms with Crippen LogP contribution in [0.5, 0.6) is 0 Å². The number of hydrogen-bond donors (Lipinski definition) is 2. The maximum Gasteiger partial charge on any atom is 0.417 e. The second-order valence-corrected chi connectivity index (χ2v) is 16.9. The SMILES string of the molecule is CC[C@@]1(c2ccc(NC(=O)CN3[C@H](C)CN(CCOC4CCC(N5C(=S)N(c6ccc(C#N)c(C(F)(F)F)c6)C(=O)C5(C)C)CC4)C[C@@H]3C)cc2)CCC(=O)NC1=O.Cl. The fourth-order valence-electron chi connectivity index (χ4n) is 9.24. The van der Waals surface area contributed by atoms with Crippen molar-refractivity contribution < 1.29 is 37.1 Å². The highest BCUT2D eigenvalue weighted by Gasteiger charge is 2.53. The van der Waals surface area contributed by atoms with E-state index >= 15 is 0 Å². The molecule has 3 atom stereocenters. The number of hydrogen-bond acceptors (Lipinski definition) is 9. The third-order valence-corrected chi connectivity index (χ3v) is 12.9. The smallest absolute Gasteiger partial charge is 0.377 e. The first-order chi connectivity index (χ1) is 27.4. The van der Waals surface area contributed by atoms with Crippen LogP contribution in [0.2, 0.25) is 0 Å². The van der Waals surface area contributed by atoms with Crippen molar-refractivity contribution in [3.05, 3.63) is 59.2 Å². The number of rotatable bonds is 11. The summed E-state index contributed by atoms with van der Waals surface area (Å²) in [5, 5.41) is 14.8. The molecule has 2 N–H and O–H groups in total. The van der Waals surface area contributed by atoms with Gasteiger partial charge in [0.25, 0.3) is 5.91 Å². The van der Waals surface area contributed by atoms with Crippen LogP contribution in [0.15, 0.2) is 42.5 Å². The molecule has 0 radical (unpaired) electrons. The van der Waals surface area contributed by atoms with Crippen LogP contribution in [0.25, 0.3) is 0 Å². The molecule has 4 amide bonds. The lowest BCUT2D eigenvalue weighted by atomic mass is 9.72. The highest BCUT2D eigenvalue weighted by atomic mass is 35.5. The largest absolute Gasteiger partial charge is 0.417 e. The first-order valence-corrected chi connectivity index (χ1v) is 20.4. The number of anilines is 2. The number of nitriles is 1. The molecule has 4 fully saturated rings. The molecule has 0 bridgehead atoms. The Labute approximate surface area is 355 Å². The molecule has 1 saturated carbocycles. The summed E-state index contributed by atoms with van der Waals surface area (Å²) in [7, 11) is 0. The normalized spacial score (nSPS) is 26.6. The zero-order valence-electron chi connectivity index (χ0n) is 34.1. The summed E-state index contributed by atoms with van der Waals surface area (Å²) in [4.78, 5) is 58.9. The molecule has 4 aliphatic rings. The van der Waals surface area contributed by atoms with Crippen molar-refractivity contribution in [2.45, 2.75) is 121 Å². The molecule has 3 heterocycles. The zero-order chi connectivity index (χ0) is 42.2. The van der Waals surface area contributed by atoms with Crippen LogP contribution in [0, 0.1) is 11.3 Å². The van der Waals surface area contributed by atoms with Gasteiger partial charge in [-0.2, -0.15) is 18.4 Å². The first kappa shape index (κ1) is 45.9. The fraction of sp³-hybridized carbons (Fsp3) is 0.571. The Hall–Kier alpha value is -4.14. The van der Waals surface area contributed by atoms with Crippen molar-refractivity contribution in [2.24, 2.45) is 0 Å². The minimum atomic E-state index is -4.76. The monoisotopic (exact) mass is 859 g/mol. The van der Waals surface area contributed by atoms with Gasteiger partial charge in [0.2, 0.25) is 17.7 Å². The van der Waals surface area contributed by atoms with Gasteiger partial charge >= 0.3 is 6.18 Å². The van der Waals surface area contributed by atoms with Gasteiger partial charge in [-0.15, -0.1) is 12.4 Å². The summed E-state index contributed by atoms with van der Waals surface area (Å²) >= 11 is 5.74. The van der Waals surface area contributed by atoms with Gasteiger partial charge in [-0.3, -0.25) is 39.2 Å². The number of thiocarbonyl (C=S) groups is 1. The summed E-state index contributed by atoms with van der Waals surface area (Å²) in [5.74, 6) is -1.07. The molecule has 0 unspecified atom stereocenters. The lowest BCUT2D eigenvalue weighted by Gasteiger charge is -2.44. The molecule has 320 valence electrons. The number of carbonyl (C=O) groups excluding carboxylic acids is 4. The molecule has 3 aliphatic heterocycles. The fourth-order valence-corrected chi connectivity index (χ4v) is 9.80. The quantitative estimate of drug-likeness (QED) is 0.200. The number of imide groups is 1. The van der Waals surface area contributed by atoms with Crippen molar-refractivity contribution in [3.8, 4) is 6.07 Å². The Kier molecular flexibility index (Phi) is 14.2. The predicted molar refractivity (Wildman–Crippen MR) is 223 cm³/mol. The van der Waals surface area contributed by atoms with Crippen LogP contribution < -0.4 is 15.5 Å². The topological polar surface area (TPSA) is 138 Å². The van der Waals surface area contributed by atoms with Gasteiger partial charge in [0.1, 0.15) is 5.54 Å². The van der Waals surface area contributed by atoms with E-state index in [1.165, 1.54) is 6.07 Å². The van der Waals surface area contributed by atoms with Gasteiger partial charge < -0.3 is 15.0 Å². The van der Waals surface area contributed by atoms with Gasteiger partial charge in [-0.1, -0.05) is 19.1 Å². The van der Waals surface area contributed by atoms with Crippen molar-refractivity contribution in [3.63, 3.8) is 0 Å². The summed E-state index contributed by atoms with van der Waals surface area (Å²) < 4.78 is 47.5. The lowest BCUT2D eigenvalue weighted by molar-refractivity contribution is -0.139. The number of halogens is 4. The molecule has 3 saturated heterocycles. The summed E-state index contributed by atoms with van der Waals surface area (Å²) in [5.41, 5.74) is -1.99. The Morgan fingerprint density at radius 3 is 2.25 bits per heavy atom. The standard InChI is InChI=1S/C42H52F3N7O5S.ClH/c1-6-41(18-17-35(53)48-37(41)55)29-8-10-30(11-9-29)47-36(54)25-50-26(2)23-49(24-27(50)3)19-20-57-33-15-13-31(14-16-33)52-39(58)51(38(56)40(52,4)5)32-12-7-28(22-46)34(21-32)42(43,44)45;/h7-12,21,26-27,31,33H,6,13-20,23-25H2,1-5H3,(H,47,54)(H,48,53,55);1H/t26-,27+,31?,33?,41-;/m0./s1. The average molecular weight is 860 g/mol. The highest BCUT2D eigenvalue weighted by Crippen LogP contribution is 2.41. The lowest BCUT2D eigenvalue weighted by Crippen LogP contribution is -2.58. The molecule has 1 aliphatic carbocycles. The Balaban J connectivity index is 0.00000661. The van der Waals surface area contributed by atoms with E-state index in [4.69, 9.17) is 17.0 Å². The molecule has 0 spiro atoms. The summed E-state index contributed by atoms with van der Waals surface area (Å²) in [6.07, 6.45) is -0.518. The third kappa shape index (κ3) is 9.44. The van der Waals surface area contributed by atoms with Crippen LogP contribution in [0.1, 0.15) is 96.3 Å². The minimum Gasteiger partial charge on any atom is -0.377 e. The number of alkyl halides is 3. The molecule has 17 heteroatoms. The second kappa shape index (κ2) is 18.2. The Morgan fingerprint density at radius 2 is 1.68 bits per heavy atom. The molecule has 12 nitrogen and oxygen atoms in total. The number of carbonyl (C=O) groups is 4. The molecule has 59 heavy (non-hydrogen) atoms. The Bertz CT molecular complexity index is 1960. The van der Waals surface area contributed by atoms with E-state index in [0.717, 1.165) is 55.1 Å². The van der Waals surface area contributed by atoms with Crippen LogP contribution in [0.4, 0.5) is 24.5 Å². The third-order valence-electron chi connectivity index (χ3n) is 12.5. The molecule has 0 aromatic heterocycles. The second-order valence-electron chi connectivity index (χ2n) is 16.6. The van der Waals surface area contributed by atoms with Crippen molar-refractivity contribution >= 4 is 64.7 Å². The van der Waals surface area contributed by atoms with Gasteiger partial charge in [0.05, 0.1) is 47.6 Å². The number of ether oxygens (including phenoxy) is 1. The van der Waals surface area contributed by atoms with Gasteiger partial charge in [-0.05, 0) is 114 Å². The minimum absolute atomic E-state index is 0. The van der Waals surface area contributed by atoms with E-state index in [0.29, 0.717) is 44.4 Å². The average Bonchev–Trinajstić information content (AvgIpc) is 3.35. The zero-order valence-corrected chi connectivity index (χ0v) is 35.7. The molecular formula is C42H53ClF3N7O5S. The first-order valence-electron chi connectivity index (χ1n) is 20.0. The highest BCUT2D eigenvalue weighted by molar-refractivity contribution is 7.80. The van der Waals surface area contributed by atoms with E-state index in [2.05, 4.69) is 34.3 Å². The number of benzene rings is 2. The Morgan fingerprint density at radius 1 is 1.03 bits per heavy atom. The number of nitrogens with zero attached hydrogens (tertiary/aromatic N) is 5. The maximum absolute atomic E-state index is 13.7. The van der Waals surface area contributed by atoms with Gasteiger partial charge in [-0.25, -0.2) is 0 Å². The van der Waals surface area contributed by atoms with Crippen molar-refractivity contribution in [1.29, 1.82) is 5.26 Å². The molecule has 2 aromatic carbocycles. The molecule has 6 rings (SSSR count). The van der Waals surface area contributed by atoms with E-state index in [1.807, 2.05) is 24.0 Å². The summed E-state index contributed by atoms with van der Waals surface area (Å²) in [6, 6.07) is 12.3. The number of piperidine rings is 1. The van der Waals surface area contributed by atoms with Crippen molar-refractivity contribution in [1.82, 2.24) is 20.0 Å². The van der Waals surface area contributed by atoms with E-state index in [-0.39, 0.29) is 71.7 Å². The van der Waals surface area contributed by atoms with Crippen molar-refractivity contribution in [2.75, 3.05) is 43.0 Å². The molecular weight excluding hydrogens is 807 g/mol.